The molecule has 0 saturated heterocycles. The summed E-state index contributed by atoms with van der Waals surface area (Å²) in [5.41, 5.74) is 2.12. The number of nitrogens with zero attached hydrogens (tertiary/aromatic N) is 2. The molecule has 0 aliphatic heterocycles. The van der Waals surface area contributed by atoms with E-state index >= 15 is 0 Å². The maximum atomic E-state index is 11.2. The van der Waals surface area contributed by atoms with E-state index in [2.05, 4.69) is 10.2 Å². The van der Waals surface area contributed by atoms with Gasteiger partial charge in [0.15, 0.2) is 6.40 Å². The SMILES string of the molecule is CCO/C=N/N=C(\c1ccc(Cl)cc1)c1ccc(OS(C)(=O)=O)cc1. The second-order valence-corrected chi connectivity index (χ2v) is 6.95. The van der Waals surface area contributed by atoms with Gasteiger partial charge in [-0.15, -0.1) is 10.2 Å². The van der Waals surface area contributed by atoms with Crippen LogP contribution in [0.2, 0.25) is 5.02 Å². The Morgan fingerprint density at radius 2 is 1.64 bits per heavy atom. The van der Waals surface area contributed by atoms with Gasteiger partial charge in [0.05, 0.1) is 12.9 Å². The fourth-order valence-corrected chi connectivity index (χ4v) is 2.51. The lowest BCUT2D eigenvalue weighted by molar-refractivity contribution is 0.342. The van der Waals surface area contributed by atoms with Crippen LogP contribution < -0.4 is 4.18 Å². The predicted molar refractivity (Wildman–Crippen MR) is 99.1 cm³/mol. The summed E-state index contributed by atoms with van der Waals surface area (Å²) < 4.78 is 32.2. The topological polar surface area (TPSA) is 77.3 Å². The van der Waals surface area contributed by atoms with Gasteiger partial charge in [0.1, 0.15) is 11.5 Å². The lowest BCUT2D eigenvalue weighted by Crippen LogP contribution is -2.07. The van der Waals surface area contributed by atoms with Crippen molar-refractivity contribution in [3.8, 4) is 5.75 Å². The van der Waals surface area contributed by atoms with Crippen LogP contribution in [-0.2, 0) is 14.9 Å². The van der Waals surface area contributed by atoms with E-state index in [0.717, 1.165) is 17.4 Å². The van der Waals surface area contributed by atoms with Crippen molar-refractivity contribution in [3.05, 3.63) is 64.7 Å². The standard InChI is InChI=1S/C17H17ClN2O4S/c1-3-23-12-19-20-17(13-4-8-15(18)9-5-13)14-6-10-16(11-7-14)24-25(2,21)22/h4-12H,3H2,1-2H3/b19-12+,20-17+. The summed E-state index contributed by atoms with van der Waals surface area (Å²) >= 11 is 5.93. The highest BCUT2D eigenvalue weighted by atomic mass is 35.5. The second-order valence-electron chi connectivity index (χ2n) is 4.94. The third kappa shape index (κ3) is 6.21. The Bertz CT molecular complexity index is 861. The van der Waals surface area contributed by atoms with Gasteiger partial charge in [0.2, 0.25) is 0 Å². The molecule has 0 aliphatic rings. The summed E-state index contributed by atoms with van der Waals surface area (Å²) in [6.07, 6.45) is 2.25. The lowest BCUT2D eigenvalue weighted by atomic mass is 10.0. The Balaban J connectivity index is 2.36. The number of halogens is 1. The zero-order chi connectivity index (χ0) is 18.3. The minimum Gasteiger partial charge on any atom is -0.482 e. The van der Waals surface area contributed by atoms with Crippen molar-refractivity contribution < 1.29 is 17.3 Å². The number of hydrogen-bond acceptors (Lipinski definition) is 6. The molecule has 0 unspecified atom stereocenters. The van der Waals surface area contributed by atoms with Gasteiger partial charge < -0.3 is 8.92 Å². The van der Waals surface area contributed by atoms with Gasteiger partial charge in [-0.3, -0.25) is 0 Å². The summed E-state index contributed by atoms with van der Waals surface area (Å²) in [5.74, 6) is 0.222. The minimum absolute atomic E-state index is 0.222. The van der Waals surface area contributed by atoms with Gasteiger partial charge in [0, 0.05) is 16.1 Å². The Hall–Kier alpha value is -2.38. The van der Waals surface area contributed by atoms with Gasteiger partial charge in [-0.2, -0.15) is 8.42 Å². The minimum atomic E-state index is -3.57. The molecule has 0 aromatic heterocycles. The van der Waals surface area contributed by atoms with Gasteiger partial charge in [-0.1, -0.05) is 23.7 Å². The van der Waals surface area contributed by atoms with Crippen LogP contribution in [0.3, 0.4) is 0 Å². The van der Waals surface area contributed by atoms with Crippen molar-refractivity contribution in [2.75, 3.05) is 12.9 Å². The molecule has 0 fully saturated rings. The van der Waals surface area contributed by atoms with Crippen molar-refractivity contribution in [3.63, 3.8) is 0 Å². The van der Waals surface area contributed by atoms with E-state index in [1.807, 2.05) is 19.1 Å². The fourth-order valence-electron chi connectivity index (χ4n) is 1.92. The second kappa shape index (κ2) is 8.64. The maximum absolute atomic E-state index is 11.2. The van der Waals surface area contributed by atoms with Crippen LogP contribution in [-0.4, -0.2) is 33.4 Å². The Morgan fingerprint density at radius 1 is 1.08 bits per heavy atom. The quantitative estimate of drug-likeness (QED) is 0.319. The number of benzene rings is 2. The van der Waals surface area contributed by atoms with E-state index in [0.29, 0.717) is 17.3 Å². The summed E-state index contributed by atoms with van der Waals surface area (Å²) in [5, 5.41) is 8.70. The van der Waals surface area contributed by atoms with Crippen LogP contribution in [0.25, 0.3) is 0 Å². The fraction of sp³-hybridized carbons (Fsp3) is 0.176. The molecular weight excluding hydrogens is 364 g/mol. The molecule has 2 rings (SSSR count). The first-order valence-electron chi connectivity index (χ1n) is 7.36. The first-order valence-corrected chi connectivity index (χ1v) is 9.55. The molecule has 0 aliphatic carbocycles. The number of ether oxygens (including phenoxy) is 1. The van der Waals surface area contributed by atoms with Crippen molar-refractivity contribution in [1.82, 2.24) is 0 Å². The van der Waals surface area contributed by atoms with Crippen LogP contribution >= 0.6 is 11.6 Å². The van der Waals surface area contributed by atoms with E-state index in [4.69, 9.17) is 20.5 Å². The first kappa shape index (κ1) is 19.0. The highest BCUT2D eigenvalue weighted by molar-refractivity contribution is 7.86. The molecule has 0 amide bonds. The molecule has 6 nitrogen and oxygen atoms in total. The zero-order valence-corrected chi connectivity index (χ0v) is 15.3. The first-order chi connectivity index (χ1) is 11.9. The average molecular weight is 381 g/mol. The molecule has 132 valence electrons. The van der Waals surface area contributed by atoms with Gasteiger partial charge >= 0.3 is 10.1 Å². The smallest absolute Gasteiger partial charge is 0.306 e. The Labute approximate surface area is 151 Å². The zero-order valence-electron chi connectivity index (χ0n) is 13.7. The molecule has 0 heterocycles. The van der Waals surface area contributed by atoms with Crippen molar-refractivity contribution in [2.45, 2.75) is 6.92 Å². The van der Waals surface area contributed by atoms with Crippen molar-refractivity contribution >= 4 is 33.8 Å². The predicted octanol–water partition coefficient (Wildman–Crippen LogP) is 3.50. The van der Waals surface area contributed by atoms with Crippen LogP contribution in [0.4, 0.5) is 0 Å². The van der Waals surface area contributed by atoms with Crippen LogP contribution in [0, 0.1) is 0 Å². The molecule has 0 N–H and O–H groups in total. The third-order valence-electron chi connectivity index (χ3n) is 2.94. The molecule has 0 spiro atoms. The van der Waals surface area contributed by atoms with E-state index < -0.39 is 10.1 Å². The van der Waals surface area contributed by atoms with Crippen molar-refractivity contribution in [2.24, 2.45) is 10.2 Å². The van der Waals surface area contributed by atoms with Crippen LogP contribution in [0.5, 0.6) is 5.75 Å². The largest absolute Gasteiger partial charge is 0.482 e. The van der Waals surface area contributed by atoms with E-state index in [1.165, 1.54) is 6.40 Å². The molecule has 2 aromatic carbocycles. The normalized spacial score (nSPS) is 12.4. The molecule has 0 radical (unpaired) electrons. The van der Waals surface area contributed by atoms with E-state index in [-0.39, 0.29) is 5.75 Å². The number of rotatable bonds is 7. The Morgan fingerprint density at radius 3 is 2.16 bits per heavy atom. The van der Waals surface area contributed by atoms with Gasteiger partial charge in [-0.05, 0) is 43.3 Å². The summed E-state index contributed by atoms with van der Waals surface area (Å²) in [7, 11) is -3.57. The monoisotopic (exact) mass is 380 g/mol. The summed E-state index contributed by atoms with van der Waals surface area (Å²) in [6, 6.07) is 13.6. The summed E-state index contributed by atoms with van der Waals surface area (Å²) in [6.45, 7) is 2.34. The molecule has 8 heteroatoms. The highest BCUT2D eigenvalue weighted by Crippen LogP contribution is 2.19. The third-order valence-corrected chi connectivity index (χ3v) is 3.69. The molecule has 2 aromatic rings. The number of hydrogen-bond donors (Lipinski definition) is 0. The van der Waals surface area contributed by atoms with Crippen LogP contribution in [0.1, 0.15) is 18.1 Å². The molecule has 25 heavy (non-hydrogen) atoms. The van der Waals surface area contributed by atoms with Gasteiger partial charge in [0.25, 0.3) is 0 Å². The average Bonchev–Trinajstić information content (AvgIpc) is 2.56. The molecule has 0 saturated carbocycles. The molecule has 0 bridgehead atoms. The van der Waals surface area contributed by atoms with Crippen LogP contribution in [0.15, 0.2) is 58.7 Å². The van der Waals surface area contributed by atoms with E-state index in [9.17, 15) is 8.42 Å². The van der Waals surface area contributed by atoms with Gasteiger partial charge in [-0.25, -0.2) is 0 Å². The molecule has 0 atom stereocenters. The van der Waals surface area contributed by atoms with Crippen molar-refractivity contribution in [1.29, 1.82) is 0 Å². The maximum Gasteiger partial charge on any atom is 0.306 e. The lowest BCUT2D eigenvalue weighted by Gasteiger charge is -2.07. The summed E-state index contributed by atoms with van der Waals surface area (Å²) in [4.78, 5) is 0. The Kier molecular flexibility index (Phi) is 6.55. The molecular formula is C17H17ClN2O4S. The highest BCUT2D eigenvalue weighted by Gasteiger charge is 2.09. The van der Waals surface area contributed by atoms with E-state index in [1.54, 1.807) is 36.4 Å².